The molecule has 4 nitrogen and oxygen atoms in total. The molecular formula is C98H64N4S2. The zero-order chi connectivity index (χ0) is 68.6. The Bertz CT molecular complexity index is 6740. The molecule has 21 aromatic rings. The van der Waals surface area contributed by atoms with Crippen LogP contribution in [0.2, 0.25) is 0 Å². The smallest absolute Gasteiger partial charge is 0.0554 e. The van der Waals surface area contributed by atoms with Gasteiger partial charge in [-0.15, -0.1) is 22.7 Å². The number of rotatable bonds is 11. The molecule has 0 aliphatic rings. The molecule has 0 amide bonds. The second-order valence-electron chi connectivity index (χ2n) is 26.7. The summed E-state index contributed by atoms with van der Waals surface area (Å²) in [6.45, 7) is 0. The summed E-state index contributed by atoms with van der Waals surface area (Å²) in [6, 6.07) is 141. The average molecular weight is 1360 g/mol. The highest BCUT2D eigenvalue weighted by Crippen LogP contribution is 2.50. The van der Waals surface area contributed by atoms with E-state index in [1.54, 1.807) is 0 Å². The highest BCUT2D eigenvalue weighted by atomic mass is 32.1. The minimum Gasteiger partial charge on any atom is -0.310 e. The van der Waals surface area contributed by atoms with Crippen molar-refractivity contribution in [3.63, 3.8) is 0 Å². The van der Waals surface area contributed by atoms with Crippen molar-refractivity contribution >= 4 is 162 Å². The van der Waals surface area contributed by atoms with Crippen molar-refractivity contribution in [2.24, 2.45) is 0 Å². The topological polar surface area (TPSA) is 16.3 Å². The van der Waals surface area contributed by atoms with E-state index in [1.807, 2.05) is 22.7 Å². The summed E-state index contributed by atoms with van der Waals surface area (Å²) in [5, 5.41) is 15.4. The first-order chi connectivity index (χ1) is 51.6. The van der Waals surface area contributed by atoms with E-state index in [0.717, 1.165) is 34.1 Å². The Morgan fingerprint density at radius 2 is 0.548 bits per heavy atom. The van der Waals surface area contributed by atoms with Crippen molar-refractivity contribution in [1.82, 2.24) is 9.13 Å². The molecular weight excluding hydrogens is 1300 g/mol. The Hall–Kier alpha value is -13.1. The van der Waals surface area contributed by atoms with Gasteiger partial charge in [-0.3, -0.25) is 0 Å². The molecule has 0 aliphatic heterocycles. The van der Waals surface area contributed by atoms with Crippen LogP contribution in [-0.2, 0) is 0 Å². The Morgan fingerprint density at radius 3 is 1.01 bits per heavy atom. The Labute approximate surface area is 609 Å². The summed E-state index contributed by atoms with van der Waals surface area (Å²) in [5.74, 6) is 0. The highest BCUT2D eigenvalue weighted by Gasteiger charge is 2.24. The molecule has 4 heterocycles. The van der Waals surface area contributed by atoms with Gasteiger partial charge in [0.2, 0.25) is 0 Å². The van der Waals surface area contributed by atoms with Crippen LogP contribution in [0.25, 0.3) is 150 Å². The highest BCUT2D eigenvalue weighted by molar-refractivity contribution is 7.27. The van der Waals surface area contributed by atoms with E-state index in [1.165, 1.54) is 150 Å². The van der Waals surface area contributed by atoms with Crippen LogP contribution in [-0.4, -0.2) is 9.13 Å². The number of nitrogens with zero attached hydrogens (tertiary/aromatic N) is 4. The molecule has 0 saturated carbocycles. The van der Waals surface area contributed by atoms with Gasteiger partial charge < -0.3 is 18.9 Å². The van der Waals surface area contributed by atoms with Gasteiger partial charge in [0.05, 0.1) is 33.4 Å². The number of para-hydroxylation sites is 4. The predicted molar refractivity (Wildman–Crippen MR) is 448 cm³/mol. The van der Waals surface area contributed by atoms with Crippen molar-refractivity contribution in [3.05, 3.63) is 388 Å². The lowest BCUT2D eigenvalue weighted by molar-refractivity contribution is 1.17. The summed E-state index contributed by atoms with van der Waals surface area (Å²) < 4.78 is 10.0. The molecule has 0 radical (unpaired) electrons. The minimum atomic E-state index is 1.11. The zero-order valence-corrected chi connectivity index (χ0v) is 58.2. The van der Waals surface area contributed by atoms with E-state index in [9.17, 15) is 0 Å². The SMILES string of the molecule is c1ccc(-c2ccc(N(c3ccc(-n4c5ccccc5c5ccccc54)cc3)c3cccc4sc5c6ccccc6ccc5c34)cc2)cc1.c1ccc(-c2ccc(N(c3cccc(-c4cccc(-n5c6ccccc6c6ccccc65)c4)c3)c3cccc4sc5c6ccccc6ccc5c34)cc2)cc1. The van der Waals surface area contributed by atoms with Gasteiger partial charge in [-0.05, 0) is 176 Å². The van der Waals surface area contributed by atoms with Crippen LogP contribution in [0, 0.1) is 0 Å². The molecule has 0 atom stereocenters. The van der Waals surface area contributed by atoms with Gasteiger partial charge in [-0.25, -0.2) is 0 Å². The van der Waals surface area contributed by atoms with Crippen LogP contribution >= 0.6 is 22.7 Å². The maximum Gasteiger partial charge on any atom is 0.0554 e. The number of hydrogen-bond acceptors (Lipinski definition) is 4. The number of benzene rings is 17. The number of thiophene rings is 2. The fourth-order valence-electron chi connectivity index (χ4n) is 16.0. The standard InChI is InChI=1S/C52H34N2S.C46H30N2S/c1-2-13-35(14-3-1)36-27-30-40(31-28-36)53(49-25-12-26-50-51(49)46-32-29-37-15-4-5-20-43(37)52(46)55-50)41-18-10-16-38(33-41)39-17-11-19-42(34-39)54-47-23-8-6-21-44(47)45-22-7-9-24-48(45)54;1-2-11-31(12-3-1)32-21-24-34(25-22-32)47(43-19-10-20-44-45(43)40-30-23-33-13-4-5-14-37(33)46(40)49-44)35-26-28-36(29-27-35)48-41-17-8-6-15-38(41)39-16-7-9-18-42(39)48/h1-34H;1-30H. The maximum absolute atomic E-state index is 2.44. The summed E-state index contributed by atoms with van der Waals surface area (Å²) in [6.07, 6.45) is 0. The summed E-state index contributed by atoms with van der Waals surface area (Å²) in [7, 11) is 0. The summed E-state index contributed by atoms with van der Waals surface area (Å²) >= 11 is 3.77. The molecule has 104 heavy (non-hydrogen) atoms. The van der Waals surface area contributed by atoms with Gasteiger partial charge in [0.1, 0.15) is 0 Å². The van der Waals surface area contributed by atoms with E-state index in [0.29, 0.717) is 0 Å². The lowest BCUT2D eigenvalue weighted by Crippen LogP contribution is -2.10. The lowest BCUT2D eigenvalue weighted by atomic mass is 10.0. The van der Waals surface area contributed by atoms with Crippen molar-refractivity contribution in [3.8, 4) is 44.8 Å². The van der Waals surface area contributed by atoms with Gasteiger partial charge in [0.15, 0.2) is 0 Å². The average Bonchev–Trinajstić information content (AvgIpc) is 1.59. The number of anilines is 6. The van der Waals surface area contributed by atoms with Crippen LogP contribution in [0.15, 0.2) is 388 Å². The molecule has 0 aliphatic carbocycles. The Balaban J connectivity index is 0.000000139. The van der Waals surface area contributed by atoms with Crippen LogP contribution in [0.5, 0.6) is 0 Å². The molecule has 488 valence electrons. The molecule has 17 aromatic carbocycles. The number of fused-ring (bicyclic) bond motifs is 16. The van der Waals surface area contributed by atoms with Crippen LogP contribution in [0.4, 0.5) is 34.1 Å². The summed E-state index contributed by atoms with van der Waals surface area (Å²) in [5.41, 5.74) is 21.1. The number of aromatic nitrogens is 2. The van der Waals surface area contributed by atoms with Gasteiger partial charge in [0.25, 0.3) is 0 Å². The van der Waals surface area contributed by atoms with Crippen molar-refractivity contribution < 1.29 is 0 Å². The van der Waals surface area contributed by atoms with E-state index < -0.39 is 0 Å². The van der Waals surface area contributed by atoms with Crippen LogP contribution in [0.1, 0.15) is 0 Å². The first-order valence-corrected chi connectivity index (χ1v) is 37.1. The van der Waals surface area contributed by atoms with Crippen LogP contribution in [0.3, 0.4) is 0 Å². The van der Waals surface area contributed by atoms with Gasteiger partial charge in [-0.2, -0.15) is 0 Å². The quantitative estimate of drug-likeness (QED) is 0.128. The largest absolute Gasteiger partial charge is 0.310 e. The van der Waals surface area contributed by atoms with Gasteiger partial charge >= 0.3 is 0 Å². The maximum atomic E-state index is 2.44. The molecule has 0 fully saturated rings. The molecule has 6 heteroatoms. The second-order valence-corrected chi connectivity index (χ2v) is 28.8. The second kappa shape index (κ2) is 25.5. The first kappa shape index (κ1) is 60.8. The normalized spacial score (nSPS) is 11.7. The monoisotopic (exact) mass is 1360 g/mol. The Kier molecular flexibility index (Phi) is 14.9. The molecule has 0 saturated heterocycles. The van der Waals surface area contributed by atoms with Crippen LogP contribution < -0.4 is 9.80 Å². The minimum absolute atomic E-state index is 1.11. The third kappa shape index (κ3) is 10.4. The third-order valence-electron chi connectivity index (χ3n) is 20.7. The molecule has 4 aromatic heterocycles. The van der Waals surface area contributed by atoms with Crippen molar-refractivity contribution in [2.75, 3.05) is 9.80 Å². The van der Waals surface area contributed by atoms with Gasteiger partial charge in [-0.1, -0.05) is 267 Å². The number of hydrogen-bond donors (Lipinski definition) is 0. The van der Waals surface area contributed by atoms with Crippen molar-refractivity contribution in [2.45, 2.75) is 0 Å². The van der Waals surface area contributed by atoms with E-state index in [2.05, 4.69) is 407 Å². The fraction of sp³-hybridized carbons (Fsp3) is 0. The molecule has 21 rings (SSSR count). The molecule has 0 unspecified atom stereocenters. The summed E-state index contributed by atoms with van der Waals surface area (Å²) in [4.78, 5) is 4.87. The van der Waals surface area contributed by atoms with E-state index >= 15 is 0 Å². The fourth-order valence-corrected chi connectivity index (χ4v) is 18.5. The molecule has 0 N–H and O–H groups in total. The van der Waals surface area contributed by atoms with Crippen molar-refractivity contribution in [1.29, 1.82) is 0 Å². The van der Waals surface area contributed by atoms with E-state index in [-0.39, 0.29) is 0 Å². The molecule has 0 spiro atoms. The van der Waals surface area contributed by atoms with Gasteiger partial charge in [0, 0.05) is 96.0 Å². The molecule has 0 bridgehead atoms. The zero-order valence-electron chi connectivity index (χ0n) is 56.6. The third-order valence-corrected chi connectivity index (χ3v) is 23.2. The lowest BCUT2D eigenvalue weighted by Gasteiger charge is -2.27. The Morgan fingerprint density at radius 1 is 0.202 bits per heavy atom. The first-order valence-electron chi connectivity index (χ1n) is 35.5. The predicted octanol–water partition coefficient (Wildman–Crippen LogP) is 28.6. The van der Waals surface area contributed by atoms with E-state index in [4.69, 9.17) is 0 Å².